The average molecular weight is 240 g/mol. The van der Waals surface area contributed by atoms with Crippen LogP contribution >= 0.6 is 0 Å². The molecule has 17 heavy (non-hydrogen) atoms. The molecule has 0 saturated heterocycles. The Morgan fingerprint density at radius 1 is 1.41 bits per heavy atom. The summed E-state index contributed by atoms with van der Waals surface area (Å²) in [6.07, 6.45) is 0.0328. The van der Waals surface area contributed by atoms with Crippen molar-refractivity contribution in [1.29, 1.82) is 0 Å². The molecule has 4 N–H and O–H groups in total. The van der Waals surface area contributed by atoms with Gasteiger partial charge < -0.3 is 15.8 Å². The van der Waals surface area contributed by atoms with Crippen LogP contribution in [0.3, 0.4) is 0 Å². The van der Waals surface area contributed by atoms with Crippen LogP contribution < -0.4 is 5.73 Å². The highest BCUT2D eigenvalue weighted by Gasteiger charge is 2.15. The first kappa shape index (κ1) is 11.5. The summed E-state index contributed by atoms with van der Waals surface area (Å²) in [6.45, 7) is 0. The lowest BCUT2D eigenvalue weighted by Gasteiger charge is -2.02. The van der Waals surface area contributed by atoms with Crippen LogP contribution in [0.2, 0.25) is 0 Å². The maximum atomic E-state index is 13.3. The average Bonchev–Trinajstić information content (AvgIpc) is 2.60. The fourth-order valence-corrected chi connectivity index (χ4v) is 1.66. The number of nitrogens with two attached hydrogens (primary N) is 1. The van der Waals surface area contributed by atoms with E-state index in [9.17, 15) is 13.6 Å². The minimum absolute atomic E-state index is 0.0328. The van der Waals surface area contributed by atoms with Gasteiger partial charge in [-0.1, -0.05) is 0 Å². The Hall–Kier alpha value is -1.95. The molecule has 1 aromatic carbocycles. The molecule has 0 radical (unpaired) electrons. The van der Waals surface area contributed by atoms with E-state index < -0.39 is 23.6 Å². The van der Waals surface area contributed by atoms with Gasteiger partial charge in [0, 0.05) is 23.6 Å². The maximum Gasteiger partial charge on any atom is 0.320 e. The molecule has 90 valence electrons. The molecule has 0 saturated carbocycles. The van der Waals surface area contributed by atoms with E-state index in [0.29, 0.717) is 11.1 Å². The summed E-state index contributed by atoms with van der Waals surface area (Å²) in [6, 6.07) is 2.35. The number of carbonyl (C=O) groups is 1. The first-order valence-corrected chi connectivity index (χ1v) is 4.92. The molecule has 0 fully saturated rings. The Morgan fingerprint density at radius 2 is 2.12 bits per heavy atom. The fraction of sp³-hybridized carbons (Fsp3) is 0.182. The molecule has 0 aliphatic rings. The topological polar surface area (TPSA) is 79.1 Å². The molecule has 6 heteroatoms. The van der Waals surface area contributed by atoms with Crippen molar-refractivity contribution in [3.05, 3.63) is 35.5 Å². The lowest BCUT2D eigenvalue weighted by atomic mass is 10.1. The molecule has 1 heterocycles. The molecule has 1 aromatic heterocycles. The normalized spacial score (nSPS) is 12.9. The Labute approximate surface area is 95.0 Å². The van der Waals surface area contributed by atoms with Crippen molar-refractivity contribution in [3.63, 3.8) is 0 Å². The summed E-state index contributed by atoms with van der Waals surface area (Å²) in [5.41, 5.74) is 5.96. The van der Waals surface area contributed by atoms with E-state index in [1.807, 2.05) is 0 Å². The van der Waals surface area contributed by atoms with Gasteiger partial charge >= 0.3 is 5.97 Å². The van der Waals surface area contributed by atoms with Gasteiger partial charge in [0.05, 0.1) is 5.52 Å². The Bertz CT molecular complexity index is 580. The second-order valence-corrected chi connectivity index (χ2v) is 3.80. The van der Waals surface area contributed by atoms with Gasteiger partial charge in [0.25, 0.3) is 0 Å². The molecule has 0 bridgehead atoms. The number of hydrogen-bond acceptors (Lipinski definition) is 2. The van der Waals surface area contributed by atoms with E-state index in [0.717, 1.165) is 6.07 Å². The highest BCUT2D eigenvalue weighted by molar-refractivity contribution is 5.81. The predicted octanol–water partition coefficient (Wildman–Crippen LogP) is 1.40. The summed E-state index contributed by atoms with van der Waals surface area (Å²) in [7, 11) is 0. The number of carboxylic acids is 1. The second-order valence-electron chi connectivity index (χ2n) is 3.80. The molecule has 0 spiro atoms. The molecule has 2 aromatic rings. The van der Waals surface area contributed by atoms with Crippen molar-refractivity contribution in [1.82, 2.24) is 4.98 Å². The first-order chi connectivity index (χ1) is 7.97. The van der Waals surface area contributed by atoms with Crippen molar-refractivity contribution < 1.29 is 18.7 Å². The van der Waals surface area contributed by atoms with E-state index in [-0.39, 0.29) is 11.9 Å². The van der Waals surface area contributed by atoms with E-state index in [1.54, 1.807) is 0 Å². The smallest absolute Gasteiger partial charge is 0.320 e. The van der Waals surface area contributed by atoms with Gasteiger partial charge in [0.15, 0.2) is 0 Å². The molecule has 4 nitrogen and oxygen atoms in total. The molecule has 1 atom stereocenters. The van der Waals surface area contributed by atoms with E-state index >= 15 is 0 Å². The zero-order valence-corrected chi connectivity index (χ0v) is 8.71. The lowest BCUT2D eigenvalue weighted by Crippen LogP contribution is -2.32. The largest absolute Gasteiger partial charge is 0.480 e. The van der Waals surface area contributed by atoms with Crippen LogP contribution in [-0.4, -0.2) is 22.1 Å². The van der Waals surface area contributed by atoms with Crippen LogP contribution in [0.5, 0.6) is 0 Å². The van der Waals surface area contributed by atoms with Crippen LogP contribution in [0, 0.1) is 11.6 Å². The standard InChI is InChI=1S/C11H10F2N2O2/c12-6-1-5-2-7(4-9(14)11(16)17)15-10(5)8(13)3-6/h1-3,9,15H,4,14H2,(H,16,17). The Balaban J connectivity index is 2.38. The molecule has 0 amide bonds. The summed E-state index contributed by atoms with van der Waals surface area (Å²) < 4.78 is 26.3. The minimum Gasteiger partial charge on any atom is -0.480 e. The minimum atomic E-state index is -1.14. The maximum absolute atomic E-state index is 13.3. The molecule has 1 unspecified atom stereocenters. The monoisotopic (exact) mass is 240 g/mol. The molecular formula is C11H10F2N2O2. The second kappa shape index (κ2) is 4.14. The van der Waals surface area contributed by atoms with Gasteiger partial charge in [-0.3, -0.25) is 4.79 Å². The fourth-order valence-electron chi connectivity index (χ4n) is 1.66. The number of benzene rings is 1. The number of fused-ring (bicyclic) bond motifs is 1. The van der Waals surface area contributed by atoms with Gasteiger partial charge in [-0.25, -0.2) is 8.78 Å². The Morgan fingerprint density at radius 3 is 2.76 bits per heavy atom. The van der Waals surface area contributed by atoms with Crippen molar-refractivity contribution in [2.45, 2.75) is 12.5 Å². The summed E-state index contributed by atoms with van der Waals surface area (Å²) in [4.78, 5) is 13.3. The zero-order valence-electron chi connectivity index (χ0n) is 8.71. The van der Waals surface area contributed by atoms with Crippen LogP contribution in [0.1, 0.15) is 5.69 Å². The number of aromatic nitrogens is 1. The van der Waals surface area contributed by atoms with E-state index in [4.69, 9.17) is 10.8 Å². The first-order valence-electron chi connectivity index (χ1n) is 4.92. The number of nitrogens with one attached hydrogen (secondary N) is 1. The van der Waals surface area contributed by atoms with Gasteiger partial charge in [0.2, 0.25) is 0 Å². The third kappa shape index (κ3) is 2.26. The number of carboxylic acid groups (broad SMARTS) is 1. The third-order valence-corrected chi connectivity index (χ3v) is 2.46. The Kier molecular flexibility index (Phi) is 2.81. The molecule has 2 rings (SSSR count). The van der Waals surface area contributed by atoms with Gasteiger partial charge in [-0.15, -0.1) is 0 Å². The number of aliphatic carboxylic acids is 1. The third-order valence-electron chi connectivity index (χ3n) is 2.46. The summed E-state index contributed by atoms with van der Waals surface area (Å²) >= 11 is 0. The molecule has 0 aliphatic heterocycles. The van der Waals surface area contributed by atoms with Crippen molar-refractivity contribution in [2.75, 3.05) is 0 Å². The zero-order chi connectivity index (χ0) is 12.6. The van der Waals surface area contributed by atoms with Crippen LogP contribution in [-0.2, 0) is 11.2 Å². The van der Waals surface area contributed by atoms with E-state index in [2.05, 4.69) is 4.98 Å². The summed E-state index contributed by atoms with van der Waals surface area (Å²) in [5.74, 6) is -2.53. The van der Waals surface area contributed by atoms with Crippen LogP contribution in [0.15, 0.2) is 18.2 Å². The number of hydrogen-bond donors (Lipinski definition) is 3. The highest BCUT2D eigenvalue weighted by Crippen LogP contribution is 2.20. The highest BCUT2D eigenvalue weighted by atomic mass is 19.1. The van der Waals surface area contributed by atoms with Crippen molar-refractivity contribution in [2.24, 2.45) is 5.73 Å². The van der Waals surface area contributed by atoms with Gasteiger partial charge in [-0.05, 0) is 12.1 Å². The van der Waals surface area contributed by atoms with Crippen LogP contribution in [0.25, 0.3) is 10.9 Å². The quantitative estimate of drug-likeness (QED) is 0.758. The SMILES string of the molecule is NC(Cc1cc2cc(F)cc(F)c2[nH]1)C(=O)O. The van der Waals surface area contributed by atoms with Gasteiger partial charge in [-0.2, -0.15) is 0 Å². The number of H-pyrrole nitrogens is 1. The van der Waals surface area contributed by atoms with Crippen molar-refractivity contribution >= 4 is 16.9 Å². The molecule has 0 aliphatic carbocycles. The van der Waals surface area contributed by atoms with Crippen molar-refractivity contribution in [3.8, 4) is 0 Å². The van der Waals surface area contributed by atoms with E-state index in [1.165, 1.54) is 12.1 Å². The lowest BCUT2D eigenvalue weighted by molar-refractivity contribution is -0.138. The van der Waals surface area contributed by atoms with Gasteiger partial charge in [0.1, 0.15) is 17.7 Å². The molecular weight excluding hydrogens is 230 g/mol. The predicted molar refractivity (Wildman–Crippen MR) is 57.5 cm³/mol. The number of halogens is 2. The number of rotatable bonds is 3. The summed E-state index contributed by atoms with van der Waals surface area (Å²) in [5, 5.41) is 9.00. The number of aromatic amines is 1. The van der Waals surface area contributed by atoms with Crippen LogP contribution in [0.4, 0.5) is 8.78 Å².